The Hall–Kier alpha value is 0. The Labute approximate surface area is 83.1 Å². The van der Waals surface area contributed by atoms with Crippen LogP contribution in [0.3, 0.4) is 0 Å². The summed E-state index contributed by atoms with van der Waals surface area (Å²) >= 11 is 0. The number of rotatable bonds is 0. The molecule has 0 aliphatic heterocycles. The maximum atomic E-state index is 2.47. The van der Waals surface area contributed by atoms with Gasteiger partial charge in [0.25, 0.3) is 0 Å². The number of hydrogen-bond acceptors (Lipinski definition) is 0. The average Bonchev–Trinajstić information content (AvgIpc) is 2.18. The lowest BCUT2D eigenvalue weighted by molar-refractivity contribution is 0.314. The van der Waals surface area contributed by atoms with Crippen molar-refractivity contribution in [3.8, 4) is 0 Å². The predicted octanol–water partition coefficient (Wildman–Crippen LogP) is 4.39. The largest absolute Gasteiger partial charge is 0.0625 e. The summed E-state index contributed by atoms with van der Waals surface area (Å²) in [7, 11) is 0. The highest BCUT2D eigenvalue weighted by Gasteiger charge is 2.22. The van der Waals surface area contributed by atoms with Crippen molar-refractivity contribution in [2.75, 3.05) is 0 Å². The lowest BCUT2D eigenvalue weighted by Crippen LogP contribution is -2.07. The fourth-order valence-corrected chi connectivity index (χ4v) is 3.41. The standard InChI is InChI=1S/C13H24/c1-11-8-9-12-4-2-6-13(10-11)7-3-5-12/h11-13H,2-10H2,1H3/t11-,12?,13?/m1/s1. The van der Waals surface area contributed by atoms with Crippen LogP contribution in [0.15, 0.2) is 0 Å². The zero-order valence-corrected chi connectivity index (χ0v) is 9.10. The van der Waals surface area contributed by atoms with Gasteiger partial charge in [0.1, 0.15) is 0 Å². The van der Waals surface area contributed by atoms with Crippen LogP contribution < -0.4 is 0 Å². The molecule has 0 radical (unpaired) electrons. The van der Waals surface area contributed by atoms with Crippen LogP contribution >= 0.6 is 0 Å². The van der Waals surface area contributed by atoms with Crippen molar-refractivity contribution in [2.24, 2.45) is 17.8 Å². The minimum absolute atomic E-state index is 1.02. The van der Waals surface area contributed by atoms with Gasteiger partial charge in [0.2, 0.25) is 0 Å². The van der Waals surface area contributed by atoms with E-state index in [1.54, 1.807) is 25.7 Å². The second kappa shape index (κ2) is 4.48. The zero-order chi connectivity index (χ0) is 9.10. The van der Waals surface area contributed by atoms with Crippen LogP contribution in [-0.2, 0) is 0 Å². The van der Waals surface area contributed by atoms with Crippen molar-refractivity contribution in [3.63, 3.8) is 0 Å². The fourth-order valence-electron chi connectivity index (χ4n) is 3.41. The summed E-state index contributed by atoms with van der Waals surface area (Å²) in [5.41, 5.74) is 0. The van der Waals surface area contributed by atoms with Crippen LogP contribution in [-0.4, -0.2) is 0 Å². The van der Waals surface area contributed by atoms with E-state index < -0.39 is 0 Å². The first-order valence-corrected chi connectivity index (χ1v) is 6.34. The van der Waals surface area contributed by atoms with Gasteiger partial charge >= 0.3 is 0 Å². The van der Waals surface area contributed by atoms with E-state index in [2.05, 4.69) is 6.92 Å². The maximum Gasteiger partial charge on any atom is -0.0412 e. The molecule has 0 N–H and O–H groups in total. The molecule has 0 aromatic heterocycles. The van der Waals surface area contributed by atoms with E-state index in [0.29, 0.717) is 0 Å². The molecule has 0 nitrogen and oxygen atoms in total. The van der Waals surface area contributed by atoms with E-state index in [9.17, 15) is 0 Å². The molecule has 0 aromatic carbocycles. The molecular formula is C13H24. The third-order valence-electron chi connectivity index (χ3n) is 4.25. The third-order valence-corrected chi connectivity index (χ3v) is 4.25. The van der Waals surface area contributed by atoms with Gasteiger partial charge in [-0.25, -0.2) is 0 Å². The van der Waals surface area contributed by atoms with Gasteiger partial charge in [-0.1, -0.05) is 58.3 Å². The van der Waals surface area contributed by atoms with Gasteiger partial charge in [-0.05, 0) is 24.2 Å². The van der Waals surface area contributed by atoms with Crippen LogP contribution in [0.2, 0.25) is 0 Å². The topological polar surface area (TPSA) is 0 Å². The summed E-state index contributed by atoms with van der Waals surface area (Å²) in [5, 5.41) is 0. The summed E-state index contributed by atoms with van der Waals surface area (Å²) in [5.74, 6) is 3.21. The lowest BCUT2D eigenvalue weighted by atomic mass is 9.85. The third kappa shape index (κ3) is 2.72. The van der Waals surface area contributed by atoms with Crippen molar-refractivity contribution < 1.29 is 0 Å². The van der Waals surface area contributed by atoms with E-state index in [-0.39, 0.29) is 0 Å². The van der Waals surface area contributed by atoms with Gasteiger partial charge < -0.3 is 0 Å². The fraction of sp³-hybridized carbons (Fsp3) is 1.00. The number of hydrogen-bond donors (Lipinski definition) is 0. The highest BCUT2D eigenvalue weighted by Crippen LogP contribution is 2.36. The van der Waals surface area contributed by atoms with E-state index in [0.717, 1.165) is 17.8 Å². The van der Waals surface area contributed by atoms with Gasteiger partial charge in [-0.2, -0.15) is 0 Å². The first-order valence-electron chi connectivity index (χ1n) is 6.34. The van der Waals surface area contributed by atoms with Gasteiger partial charge in [0.15, 0.2) is 0 Å². The van der Waals surface area contributed by atoms with Crippen molar-refractivity contribution in [2.45, 2.75) is 64.7 Å². The highest BCUT2D eigenvalue weighted by molar-refractivity contribution is 4.74. The minimum Gasteiger partial charge on any atom is -0.0625 e. The van der Waals surface area contributed by atoms with Crippen molar-refractivity contribution >= 4 is 0 Å². The molecule has 3 rings (SSSR count). The van der Waals surface area contributed by atoms with Crippen molar-refractivity contribution in [1.29, 1.82) is 0 Å². The molecule has 0 amide bonds. The molecule has 0 heteroatoms. The lowest BCUT2D eigenvalue weighted by Gasteiger charge is -2.21. The molecule has 3 aliphatic carbocycles. The summed E-state index contributed by atoms with van der Waals surface area (Å²) < 4.78 is 0. The Kier molecular flexibility index (Phi) is 3.29. The van der Waals surface area contributed by atoms with Gasteiger partial charge in [-0.3, -0.25) is 0 Å². The molecule has 3 aliphatic rings. The van der Waals surface area contributed by atoms with Gasteiger partial charge in [-0.15, -0.1) is 0 Å². The smallest absolute Gasteiger partial charge is 0.0412 e. The summed E-state index contributed by atoms with van der Waals surface area (Å²) in [6.45, 7) is 2.47. The molecule has 0 unspecified atom stereocenters. The molecule has 3 fully saturated rings. The molecule has 76 valence electrons. The van der Waals surface area contributed by atoms with E-state index in [1.807, 2.05) is 0 Å². The van der Waals surface area contributed by atoms with E-state index in [4.69, 9.17) is 0 Å². The molecule has 0 saturated heterocycles. The molecule has 0 aromatic rings. The number of fused-ring (bicyclic) bond motifs is 7. The van der Waals surface area contributed by atoms with Crippen LogP contribution in [0.25, 0.3) is 0 Å². The molecular weight excluding hydrogens is 156 g/mol. The van der Waals surface area contributed by atoms with Crippen LogP contribution in [0, 0.1) is 17.8 Å². The average molecular weight is 180 g/mol. The van der Waals surface area contributed by atoms with Gasteiger partial charge in [0, 0.05) is 0 Å². The first kappa shape index (κ1) is 9.55. The molecule has 0 spiro atoms. The Morgan fingerprint density at radius 1 is 0.692 bits per heavy atom. The molecule has 13 heavy (non-hydrogen) atoms. The molecule has 0 heterocycles. The molecule has 1 atom stereocenters. The van der Waals surface area contributed by atoms with Crippen molar-refractivity contribution in [3.05, 3.63) is 0 Å². The Morgan fingerprint density at radius 2 is 1.31 bits per heavy atom. The Morgan fingerprint density at radius 3 is 2.00 bits per heavy atom. The summed E-state index contributed by atoms with van der Waals surface area (Å²) in [6.07, 6.45) is 13.8. The van der Waals surface area contributed by atoms with Gasteiger partial charge in [0.05, 0.1) is 0 Å². The zero-order valence-electron chi connectivity index (χ0n) is 9.10. The Balaban J connectivity index is 2.01. The van der Waals surface area contributed by atoms with Crippen LogP contribution in [0.4, 0.5) is 0 Å². The molecule has 2 bridgehead atoms. The normalized spacial score (nSPS) is 41.8. The van der Waals surface area contributed by atoms with Crippen LogP contribution in [0.1, 0.15) is 64.7 Å². The summed E-state index contributed by atoms with van der Waals surface area (Å²) in [6, 6.07) is 0. The summed E-state index contributed by atoms with van der Waals surface area (Å²) in [4.78, 5) is 0. The molecule has 3 saturated carbocycles. The van der Waals surface area contributed by atoms with E-state index in [1.165, 1.54) is 32.1 Å². The maximum absolute atomic E-state index is 2.47. The monoisotopic (exact) mass is 180 g/mol. The highest BCUT2D eigenvalue weighted by atomic mass is 14.3. The SMILES string of the molecule is C[C@@H]1CCC2CCCC(CCC2)C1. The van der Waals surface area contributed by atoms with Crippen LogP contribution in [0.5, 0.6) is 0 Å². The quantitative estimate of drug-likeness (QED) is 0.518. The van der Waals surface area contributed by atoms with Crippen molar-refractivity contribution in [1.82, 2.24) is 0 Å². The Bertz CT molecular complexity index is 140. The predicted molar refractivity (Wildman–Crippen MR) is 57.7 cm³/mol. The second-order valence-electron chi connectivity index (χ2n) is 5.51. The first-order chi connectivity index (χ1) is 6.34. The minimum atomic E-state index is 1.02. The second-order valence-corrected chi connectivity index (χ2v) is 5.51. The van der Waals surface area contributed by atoms with E-state index >= 15 is 0 Å².